The zero-order chi connectivity index (χ0) is 15.9. The molecule has 0 saturated heterocycles. The predicted octanol–water partition coefficient (Wildman–Crippen LogP) is 4.64. The van der Waals surface area contributed by atoms with Crippen LogP contribution < -0.4 is 10.6 Å². The first-order chi connectivity index (χ1) is 10.6. The number of rotatable bonds is 5. The molecule has 0 saturated carbocycles. The maximum atomic E-state index is 5.38. The Labute approximate surface area is 138 Å². The van der Waals surface area contributed by atoms with E-state index in [-0.39, 0.29) is 6.04 Å². The molecule has 0 aliphatic heterocycles. The van der Waals surface area contributed by atoms with Crippen LogP contribution in [0.5, 0.6) is 0 Å². The van der Waals surface area contributed by atoms with Crippen LogP contribution in [0.25, 0.3) is 0 Å². The van der Waals surface area contributed by atoms with Crippen LogP contribution in [0.1, 0.15) is 50.3 Å². The summed E-state index contributed by atoms with van der Waals surface area (Å²) in [5.74, 6) is 0.589. The fraction of sp³-hybridized carbons (Fsp3) is 0.333. The lowest BCUT2D eigenvalue weighted by atomic mass is 9.99. The fourth-order valence-corrected chi connectivity index (χ4v) is 2.52. The van der Waals surface area contributed by atoms with Gasteiger partial charge in [0.25, 0.3) is 0 Å². The molecule has 0 spiro atoms. The normalized spacial score (nSPS) is 13.2. The van der Waals surface area contributed by atoms with Gasteiger partial charge in [0.15, 0.2) is 5.11 Å². The van der Waals surface area contributed by atoms with Gasteiger partial charge in [0, 0.05) is 18.1 Å². The van der Waals surface area contributed by atoms with Gasteiger partial charge in [-0.3, -0.25) is 4.98 Å². The highest BCUT2D eigenvalue weighted by molar-refractivity contribution is 7.80. The lowest BCUT2D eigenvalue weighted by molar-refractivity contribution is 0.721. The number of pyridine rings is 1. The van der Waals surface area contributed by atoms with Gasteiger partial charge in [0.1, 0.15) is 0 Å². The minimum Gasteiger partial charge on any atom is -0.356 e. The molecule has 0 aliphatic carbocycles. The number of anilines is 1. The average molecular weight is 313 g/mol. The smallest absolute Gasteiger partial charge is 0.171 e. The summed E-state index contributed by atoms with van der Waals surface area (Å²) in [6.45, 7) is 6.52. The monoisotopic (exact) mass is 313 g/mol. The molecule has 1 aromatic heterocycles. The molecule has 3 nitrogen and oxygen atoms in total. The topological polar surface area (TPSA) is 37.0 Å². The molecule has 4 heteroatoms. The van der Waals surface area contributed by atoms with Gasteiger partial charge in [0.05, 0.1) is 6.04 Å². The quantitative estimate of drug-likeness (QED) is 0.788. The fourth-order valence-electron chi connectivity index (χ4n) is 2.23. The standard InChI is InChI=1S/C18H23N3S/c1-4-13(2)15-5-7-17(8-6-15)21-18(22)20-14(3)16-9-11-19-12-10-16/h5-14H,4H2,1-3H3,(H2,20,21,22). The molecule has 0 fully saturated rings. The van der Waals surface area contributed by atoms with Crippen LogP contribution in [0.2, 0.25) is 0 Å². The van der Waals surface area contributed by atoms with Crippen LogP contribution in [0.3, 0.4) is 0 Å². The molecule has 0 amide bonds. The van der Waals surface area contributed by atoms with Crippen LogP contribution in [0.15, 0.2) is 48.8 Å². The summed E-state index contributed by atoms with van der Waals surface area (Å²) in [5.41, 5.74) is 3.52. The van der Waals surface area contributed by atoms with Crippen LogP contribution >= 0.6 is 12.2 Å². The molecule has 0 bridgehead atoms. The summed E-state index contributed by atoms with van der Waals surface area (Å²) < 4.78 is 0. The van der Waals surface area contributed by atoms with Crippen molar-refractivity contribution < 1.29 is 0 Å². The van der Waals surface area contributed by atoms with E-state index in [1.54, 1.807) is 12.4 Å². The van der Waals surface area contributed by atoms with Gasteiger partial charge in [0.2, 0.25) is 0 Å². The number of hydrogen-bond donors (Lipinski definition) is 2. The molecule has 2 N–H and O–H groups in total. The molecule has 116 valence electrons. The van der Waals surface area contributed by atoms with E-state index in [2.05, 4.69) is 60.7 Å². The van der Waals surface area contributed by atoms with Crippen LogP contribution in [0, 0.1) is 0 Å². The number of aromatic nitrogens is 1. The minimum absolute atomic E-state index is 0.141. The van der Waals surface area contributed by atoms with Crippen molar-refractivity contribution in [2.24, 2.45) is 0 Å². The van der Waals surface area contributed by atoms with Crippen molar-refractivity contribution in [1.82, 2.24) is 10.3 Å². The summed E-state index contributed by atoms with van der Waals surface area (Å²) in [6, 6.07) is 12.6. The van der Waals surface area contributed by atoms with Gasteiger partial charge in [-0.25, -0.2) is 0 Å². The summed E-state index contributed by atoms with van der Waals surface area (Å²) in [4.78, 5) is 4.03. The van der Waals surface area contributed by atoms with Gasteiger partial charge in [-0.1, -0.05) is 26.0 Å². The Morgan fingerprint density at radius 2 is 1.68 bits per heavy atom. The summed E-state index contributed by atoms with van der Waals surface area (Å²) in [7, 11) is 0. The van der Waals surface area contributed by atoms with E-state index in [0.29, 0.717) is 11.0 Å². The molecule has 2 aromatic rings. The van der Waals surface area contributed by atoms with E-state index in [0.717, 1.165) is 17.7 Å². The van der Waals surface area contributed by atoms with E-state index in [4.69, 9.17) is 12.2 Å². The first-order valence-electron chi connectivity index (χ1n) is 7.67. The molecule has 1 aromatic carbocycles. The molecular weight excluding hydrogens is 290 g/mol. The molecule has 22 heavy (non-hydrogen) atoms. The molecule has 1 heterocycles. The Hall–Kier alpha value is -1.94. The van der Waals surface area contributed by atoms with Crippen molar-refractivity contribution in [1.29, 1.82) is 0 Å². The maximum Gasteiger partial charge on any atom is 0.171 e. The zero-order valence-corrected chi connectivity index (χ0v) is 14.2. The zero-order valence-electron chi connectivity index (χ0n) is 13.3. The van der Waals surface area contributed by atoms with Gasteiger partial charge < -0.3 is 10.6 Å². The molecule has 0 aliphatic rings. The number of nitrogens with one attached hydrogen (secondary N) is 2. The first-order valence-corrected chi connectivity index (χ1v) is 8.08. The van der Waals surface area contributed by atoms with E-state index in [1.807, 2.05) is 12.1 Å². The van der Waals surface area contributed by atoms with E-state index >= 15 is 0 Å². The Morgan fingerprint density at radius 1 is 1.05 bits per heavy atom. The van der Waals surface area contributed by atoms with E-state index in [9.17, 15) is 0 Å². The SMILES string of the molecule is CCC(C)c1ccc(NC(=S)NC(C)c2ccncc2)cc1. The van der Waals surface area contributed by atoms with Crippen LogP contribution in [-0.2, 0) is 0 Å². The summed E-state index contributed by atoms with van der Waals surface area (Å²) >= 11 is 5.38. The third-order valence-electron chi connectivity index (χ3n) is 3.90. The van der Waals surface area contributed by atoms with E-state index < -0.39 is 0 Å². The second-order valence-electron chi connectivity index (χ2n) is 5.53. The van der Waals surface area contributed by atoms with Gasteiger partial charge in [-0.15, -0.1) is 0 Å². The first kappa shape index (κ1) is 16.4. The maximum absolute atomic E-state index is 5.38. The number of nitrogens with zero attached hydrogens (tertiary/aromatic N) is 1. The number of thiocarbonyl (C=S) groups is 1. The highest BCUT2D eigenvalue weighted by Gasteiger charge is 2.07. The van der Waals surface area contributed by atoms with Crippen molar-refractivity contribution >= 4 is 23.0 Å². The Balaban J connectivity index is 1.92. The summed E-state index contributed by atoms with van der Waals surface area (Å²) in [5, 5.41) is 7.14. The van der Waals surface area contributed by atoms with Crippen molar-refractivity contribution in [2.75, 3.05) is 5.32 Å². The molecule has 2 atom stereocenters. The molecule has 2 unspecified atom stereocenters. The largest absolute Gasteiger partial charge is 0.356 e. The highest BCUT2D eigenvalue weighted by Crippen LogP contribution is 2.20. The van der Waals surface area contributed by atoms with Crippen molar-refractivity contribution in [3.05, 3.63) is 59.9 Å². The molecule has 2 rings (SSSR count). The van der Waals surface area contributed by atoms with Crippen molar-refractivity contribution in [3.63, 3.8) is 0 Å². The Kier molecular flexibility index (Phi) is 5.90. The molecule has 0 radical (unpaired) electrons. The summed E-state index contributed by atoms with van der Waals surface area (Å²) in [6.07, 6.45) is 4.73. The second-order valence-corrected chi connectivity index (χ2v) is 5.94. The lowest BCUT2D eigenvalue weighted by Gasteiger charge is -2.17. The Morgan fingerprint density at radius 3 is 2.27 bits per heavy atom. The third-order valence-corrected chi connectivity index (χ3v) is 4.12. The second kappa shape index (κ2) is 7.90. The van der Waals surface area contributed by atoms with Crippen LogP contribution in [-0.4, -0.2) is 10.1 Å². The Bertz CT molecular complexity index is 595. The van der Waals surface area contributed by atoms with Crippen molar-refractivity contribution in [3.8, 4) is 0 Å². The third kappa shape index (κ3) is 4.53. The van der Waals surface area contributed by atoms with Crippen molar-refractivity contribution in [2.45, 2.75) is 39.2 Å². The minimum atomic E-state index is 0.141. The highest BCUT2D eigenvalue weighted by atomic mass is 32.1. The van der Waals surface area contributed by atoms with Gasteiger partial charge >= 0.3 is 0 Å². The van der Waals surface area contributed by atoms with Crippen LogP contribution in [0.4, 0.5) is 5.69 Å². The number of benzene rings is 1. The van der Waals surface area contributed by atoms with Gasteiger partial charge in [-0.2, -0.15) is 0 Å². The predicted molar refractivity (Wildman–Crippen MR) is 97.2 cm³/mol. The number of hydrogen-bond acceptors (Lipinski definition) is 2. The average Bonchev–Trinajstić information content (AvgIpc) is 2.55. The lowest BCUT2D eigenvalue weighted by Crippen LogP contribution is -2.30. The molecular formula is C18H23N3S. The van der Waals surface area contributed by atoms with Gasteiger partial charge in [-0.05, 0) is 66.9 Å². The van der Waals surface area contributed by atoms with E-state index in [1.165, 1.54) is 5.56 Å².